The number of hydrogen-bond acceptors (Lipinski definition) is 3. The first kappa shape index (κ1) is 21.4. The van der Waals surface area contributed by atoms with Gasteiger partial charge in [0.1, 0.15) is 0 Å². The van der Waals surface area contributed by atoms with Crippen LogP contribution < -0.4 is 16.4 Å². The summed E-state index contributed by atoms with van der Waals surface area (Å²) in [6.07, 6.45) is 0. The fourth-order valence-electron chi connectivity index (χ4n) is 1.87. The van der Waals surface area contributed by atoms with Gasteiger partial charge >= 0.3 is 0 Å². The molecule has 0 aromatic heterocycles. The van der Waals surface area contributed by atoms with Gasteiger partial charge in [-0.05, 0) is 23.0 Å². The van der Waals surface area contributed by atoms with Crippen molar-refractivity contribution in [3.63, 3.8) is 0 Å². The van der Waals surface area contributed by atoms with E-state index in [9.17, 15) is 9.59 Å². The van der Waals surface area contributed by atoms with Crippen LogP contribution in [0.4, 0.5) is 0 Å². The van der Waals surface area contributed by atoms with Crippen molar-refractivity contribution >= 4 is 24.2 Å². The molecule has 2 amide bonds. The summed E-state index contributed by atoms with van der Waals surface area (Å²) in [6.45, 7) is 8.41. The molecule has 1 aromatic carbocycles. The van der Waals surface area contributed by atoms with Crippen molar-refractivity contribution in [2.75, 3.05) is 6.54 Å². The monoisotopic (exact) mass is 341 g/mol. The third-order valence-corrected chi connectivity index (χ3v) is 3.58. The number of halogens is 1. The summed E-state index contributed by atoms with van der Waals surface area (Å²) >= 11 is 0. The topological polar surface area (TPSA) is 84.2 Å². The second-order valence-corrected chi connectivity index (χ2v) is 6.16. The predicted octanol–water partition coefficient (Wildman–Crippen LogP) is 1.95. The van der Waals surface area contributed by atoms with Crippen LogP contribution in [0, 0.1) is 5.92 Å². The fourth-order valence-corrected chi connectivity index (χ4v) is 1.87. The Morgan fingerprint density at radius 2 is 1.61 bits per heavy atom. The van der Waals surface area contributed by atoms with Crippen molar-refractivity contribution in [1.29, 1.82) is 0 Å². The van der Waals surface area contributed by atoms with E-state index in [1.165, 1.54) is 5.56 Å². The molecule has 5 nitrogen and oxygen atoms in total. The lowest BCUT2D eigenvalue weighted by Gasteiger charge is -2.15. The molecule has 0 saturated heterocycles. The van der Waals surface area contributed by atoms with E-state index in [-0.39, 0.29) is 36.7 Å². The average molecular weight is 342 g/mol. The summed E-state index contributed by atoms with van der Waals surface area (Å²) in [7, 11) is 0. The van der Waals surface area contributed by atoms with Crippen LogP contribution in [0.25, 0.3) is 0 Å². The van der Waals surface area contributed by atoms with Gasteiger partial charge in [0.05, 0.1) is 12.6 Å². The van der Waals surface area contributed by atoms with Crippen molar-refractivity contribution in [1.82, 2.24) is 10.6 Å². The summed E-state index contributed by atoms with van der Waals surface area (Å²) in [5, 5.41) is 5.32. The Kier molecular flexibility index (Phi) is 9.53. The predicted molar refractivity (Wildman–Crippen MR) is 95.4 cm³/mol. The van der Waals surface area contributed by atoms with E-state index >= 15 is 0 Å². The largest absolute Gasteiger partial charge is 0.350 e. The Morgan fingerprint density at radius 1 is 1.04 bits per heavy atom. The van der Waals surface area contributed by atoms with Gasteiger partial charge in [-0.3, -0.25) is 9.59 Å². The van der Waals surface area contributed by atoms with Gasteiger partial charge in [0, 0.05) is 6.54 Å². The zero-order chi connectivity index (χ0) is 16.7. The van der Waals surface area contributed by atoms with Gasteiger partial charge in [-0.1, -0.05) is 52.0 Å². The molecule has 0 fully saturated rings. The van der Waals surface area contributed by atoms with Crippen molar-refractivity contribution in [2.45, 2.75) is 46.2 Å². The highest BCUT2D eigenvalue weighted by Gasteiger charge is 2.17. The third-order valence-electron chi connectivity index (χ3n) is 3.58. The molecule has 1 aromatic rings. The van der Waals surface area contributed by atoms with E-state index in [4.69, 9.17) is 5.73 Å². The zero-order valence-corrected chi connectivity index (χ0v) is 15.1. The van der Waals surface area contributed by atoms with E-state index in [2.05, 4.69) is 36.6 Å². The maximum absolute atomic E-state index is 11.7. The normalized spacial score (nSPS) is 11.8. The molecule has 0 heterocycles. The number of benzene rings is 1. The summed E-state index contributed by atoms with van der Waals surface area (Å²) in [5.74, 6) is 0.00947. The molecular weight excluding hydrogens is 314 g/mol. The molecule has 0 saturated carbocycles. The van der Waals surface area contributed by atoms with Crippen molar-refractivity contribution in [2.24, 2.45) is 11.7 Å². The van der Waals surface area contributed by atoms with Crippen LogP contribution in [0.1, 0.15) is 44.7 Å². The summed E-state index contributed by atoms with van der Waals surface area (Å²) in [6, 6.07) is 7.55. The lowest BCUT2D eigenvalue weighted by molar-refractivity contribution is -0.127. The quantitative estimate of drug-likeness (QED) is 0.708. The van der Waals surface area contributed by atoms with Gasteiger partial charge in [0.25, 0.3) is 0 Å². The highest BCUT2D eigenvalue weighted by molar-refractivity contribution is 5.87. The average Bonchev–Trinajstić information content (AvgIpc) is 2.49. The second kappa shape index (κ2) is 10.2. The maximum atomic E-state index is 11.7. The number of nitrogens with two attached hydrogens (primary N) is 1. The minimum atomic E-state index is -0.587. The van der Waals surface area contributed by atoms with Gasteiger partial charge < -0.3 is 16.4 Å². The van der Waals surface area contributed by atoms with E-state index in [1.807, 2.05) is 26.0 Å². The minimum absolute atomic E-state index is 0. The van der Waals surface area contributed by atoms with Crippen LogP contribution >= 0.6 is 12.4 Å². The van der Waals surface area contributed by atoms with E-state index < -0.39 is 6.04 Å². The molecule has 6 heteroatoms. The molecular formula is C17H28ClN3O2. The van der Waals surface area contributed by atoms with Gasteiger partial charge in [0.15, 0.2) is 0 Å². The molecule has 4 N–H and O–H groups in total. The van der Waals surface area contributed by atoms with Gasteiger partial charge in [-0.2, -0.15) is 0 Å². The van der Waals surface area contributed by atoms with Gasteiger partial charge in [0.2, 0.25) is 11.8 Å². The first-order valence-electron chi connectivity index (χ1n) is 7.70. The first-order chi connectivity index (χ1) is 10.3. The molecule has 0 aliphatic rings. The molecule has 0 radical (unpaired) electrons. The molecule has 0 aliphatic carbocycles. The number of rotatable bonds is 7. The standard InChI is InChI=1S/C17H27N3O2.ClH/c1-11(2)14-7-5-13(6-8-14)9-19-15(21)10-20-17(22)16(18)12(3)4;/h5-8,11-12,16H,9-10,18H2,1-4H3,(H,19,21)(H,20,22);1H/t16-;/m0./s1. The second-order valence-electron chi connectivity index (χ2n) is 6.16. The summed E-state index contributed by atoms with van der Waals surface area (Å²) in [4.78, 5) is 23.4. The summed E-state index contributed by atoms with van der Waals surface area (Å²) in [5.41, 5.74) is 8.01. The number of carbonyl (C=O) groups excluding carboxylic acids is 2. The Balaban J connectivity index is 0.00000484. The van der Waals surface area contributed by atoms with Crippen LogP contribution in [-0.2, 0) is 16.1 Å². The van der Waals surface area contributed by atoms with Gasteiger partial charge in [-0.25, -0.2) is 0 Å². The number of carbonyl (C=O) groups is 2. The van der Waals surface area contributed by atoms with Crippen LogP contribution in [-0.4, -0.2) is 24.4 Å². The van der Waals surface area contributed by atoms with E-state index in [0.29, 0.717) is 12.5 Å². The van der Waals surface area contributed by atoms with E-state index in [1.54, 1.807) is 0 Å². The Labute approximate surface area is 144 Å². The molecule has 0 aliphatic heterocycles. The van der Waals surface area contributed by atoms with Crippen LogP contribution in [0.3, 0.4) is 0 Å². The summed E-state index contributed by atoms with van der Waals surface area (Å²) < 4.78 is 0. The number of hydrogen-bond donors (Lipinski definition) is 3. The van der Waals surface area contributed by atoms with E-state index in [0.717, 1.165) is 5.56 Å². The molecule has 1 atom stereocenters. The Bertz CT molecular complexity index is 501. The van der Waals surface area contributed by atoms with Crippen molar-refractivity contribution in [3.8, 4) is 0 Å². The smallest absolute Gasteiger partial charge is 0.239 e. The molecule has 23 heavy (non-hydrogen) atoms. The highest BCUT2D eigenvalue weighted by Crippen LogP contribution is 2.14. The lowest BCUT2D eigenvalue weighted by atomic mass is 10.0. The first-order valence-corrected chi connectivity index (χ1v) is 7.70. The maximum Gasteiger partial charge on any atom is 0.239 e. The van der Waals surface area contributed by atoms with Crippen LogP contribution in [0.15, 0.2) is 24.3 Å². The Hall–Kier alpha value is -1.59. The third kappa shape index (κ3) is 7.48. The molecule has 0 unspecified atom stereocenters. The Morgan fingerprint density at radius 3 is 2.09 bits per heavy atom. The number of nitrogens with one attached hydrogen (secondary N) is 2. The van der Waals surface area contributed by atoms with Gasteiger partial charge in [-0.15, -0.1) is 12.4 Å². The molecule has 0 bridgehead atoms. The molecule has 1 rings (SSSR count). The van der Waals surface area contributed by atoms with Crippen molar-refractivity contribution < 1.29 is 9.59 Å². The number of amides is 2. The lowest BCUT2D eigenvalue weighted by Crippen LogP contribution is -2.47. The zero-order valence-electron chi connectivity index (χ0n) is 14.3. The SMILES string of the molecule is CC(C)c1ccc(CNC(=O)CNC(=O)[C@@H](N)C(C)C)cc1.Cl. The van der Waals surface area contributed by atoms with Crippen molar-refractivity contribution in [3.05, 3.63) is 35.4 Å². The molecule has 130 valence electrons. The highest BCUT2D eigenvalue weighted by atomic mass is 35.5. The van der Waals surface area contributed by atoms with Crippen LogP contribution in [0.5, 0.6) is 0 Å². The minimum Gasteiger partial charge on any atom is -0.350 e. The van der Waals surface area contributed by atoms with Crippen LogP contribution in [0.2, 0.25) is 0 Å². The fraction of sp³-hybridized carbons (Fsp3) is 0.529. The molecule has 0 spiro atoms.